The van der Waals surface area contributed by atoms with Crippen LogP contribution in [-0.2, 0) is 0 Å². The maximum Gasteiger partial charge on any atom is 0.161 e. The summed E-state index contributed by atoms with van der Waals surface area (Å²) in [5, 5.41) is 13.0. The van der Waals surface area contributed by atoms with E-state index in [1.165, 1.54) is 0 Å². The summed E-state index contributed by atoms with van der Waals surface area (Å²) in [7, 11) is 0. The van der Waals surface area contributed by atoms with Gasteiger partial charge in [-0.2, -0.15) is 5.10 Å². The minimum absolute atomic E-state index is 0.660. The second kappa shape index (κ2) is 9.54. The Labute approximate surface area is 201 Å². The highest BCUT2D eigenvalue weighted by Gasteiger charge is 2.17. The number of aromatic amines is 2. The van der Waals surface area contributed by atoms with Gasteiger partial charge in [-0.15, -0.1) is 11.3 Å². The normalized spacial score (nSPS) is 12.6. The van der Waals surface area contributed by atoms with Crippen LogP contribution < -0.4 is 5.32 Å². The zero-order valence-corrected chi connectivity index (χ0v) is 19.9. The van der Waals surface area contributed by atoms with Gasteiger partial charge in [-0.05, 0) is 54.3 Å². The third-order valence-electron chi connectivity index (χ3n) is 5.60. The van der Waals surface area contributed by atoms with E-state index in [1.807, 2.05) is 37.4 Å². The number of thiophene rings is 1. The number of imidazole rings is 1. The molecule has 34 heavy (non-hydrogen) atoms. The van der Waals surface area contributed by atoms with Crippen LogP contribution in [0.3, 0.4) is 0 Å². The molecule has 0 aromatic carbocycles. The van der Waals surface area contributed by atoms with Gasteiger partial charge in [0.15, 0.2) is 11.5 Å². The number of H-pyrrole nitrogens is 2. The van der Waals surface area contributed by atoms with E-state index in [-0.39, 0.29) is 0 Å². The highest BCUT2D eigenvalue weighted by atomic mass is 32.1. The molecule has 0 radical (unpaired) electrons. The fourth-order valence-electron chi connectivity index (χ4n) is 3.84. The molecule has 0 saturated carbocycles. The third-order valence-corrected chi connectivity index (χ3v) is 6.50. The molecule has 5 rings (SSSR count). The van der Waals surface area contributed by atoms with Crippen molar-refractivity contribution in [3.63, 3.8) is 0 Å². The maximum atomic E-state index is 4.96. The SMILES string of the molecule is C=C/C(=C\C(=C/C)c1ccc2[nH]nc(-c3nc4c(-c5cccs5)cncc4[nH]3)c2n1)CNCC. The van der Waals surface area contributed by atoms with Crippen molar-refractivity contribution in [1.82, 2.24) is 35.5 Å². The number of hydrogen-bond donors (Lipinski definition) is 3. The van der Waals surface area contributed by atoms with Crippen LogP contribution in [0.1, 0.15) is 19.5 Å². The van der Waals surface area contributed by atoms with Crippen molar-refractivity contribution in [2.45, 2.75) is 13.8 Å². The fourth-order valence-corrected chi connectivity index (χ4v) is 4.58. The van der Waals surface area contributed by atoms with Crippen molar-refractivity contribution < 1.29 is 0 Å². The Kier molecular flexibility index (Phi) is 6.16. The molecule has 0 aliphatic rings. The molecule has 8 heteroatoms. The molecule has 5 heterocycles. The van der Waals surface area contributed by atoms with Crippen LogP contribution in [0.2, 0.25) is 0 Å². The average Bonchev–Trinajstić information content (AvgIpc) is 3.63. The first-order chi connectivity index (χ1) is 16.7. The molecule has 0 saturated heterocycles. The molecule has 0 fully saturated rings. The highest BCUT2D eigenvalue weighted by molar-refractivity contribution is 7.13. The predicted molar refractivity (Wildman–Crippen MR) is 141 cm³/mol. The smallest absolute Gasteiger partial charge is 0.161 e. The maximum absolute atomic E-state index is 4.96. The summed E-state index contributed by atoms with van der Waals surface area (Å²) in [5.74, 6) is 0.660. The fraction of sp³-hybridized carbons (Fsp3) is 0.154. The second-order valence-corrected chi connectivity index (χ2v) is 8.71. The molecule has 5 aromatic rings. The Morgan fingerprint density at radius 2 is 2.06 bits per heavy atom. The van der Waals surface area contributed by atoms with Crippen LogP contribution in [0, 0.1) is 0 Å². The van der Waals surface area contributed by atoms with Gasteiger partial charge in [0.05, 0.1) is 22.9 Å². The minimum atomic E-state index is 0.660. The van der Waals surface area contributed by atoms with Gasteiger partial charge in [0.25, 0.3) is 0 Å². The van der Waals surface area contributed by atoms with E-state index in [4.69, 9.17) is 9.97 Å². The summed E-state index contributed by atoms with van der Waals surface area (Å²) < 4.78 is 0. The molecule has 0 aliphatic carbocycles. The molecule has 0 spiro atoms. The van der Waals surface area contributed by atoms with E-state index in [2.05, 4.69) is 62.6 Å². The first-order valence-corrected chi connectivity index (χ1v) is 12.0. The number of likely N-dealkylation sites (N-methyl/N-ethyl adjacent to an activating group) is 1. The molecule has 5 aromatic heterocycles. The average molecular weight is 468 g/mol. The van der Waals surface area contributed by atoms with Crippen molar-refractivity contribution in [3.05, 3.63) is 78.1 Å². The number of allylic oxidation sites excluding steroid dienone is 3. The zero-order chi connectivity index (χ0) is 23.5. The van der Waals surface area contributed by atoms with E-state index < -0.39 is 0 Å². The van der Waals surface area contributed by atoms with E-state index in [0.717, 1.165) is 62.4 Å². The summed E-state index contributed by atoms with van der Waals surface area (Å²) >= 11 is 1.67. The molecule has 0 amide bonds. The van der Waals surface area contributed by atoms with Gasteiger partial charge in [0.2, 0.25) is 0 Å². The molecule has 0 bridgehead atoms. The number of rotatable bonds is 8. The van der Waals surface area contributed by atoms with E-state index in [9.17, 15) is 0 Å². The zero-order valence-electron chi connectivity index (χ0n) is 19.1. The van der Waals surface area contributed by atoms with E-state index in [1.54, 1.807) is 17.5 Å². The van der Waals surface area contributed by atoms with Gasteiger partial charge >= 0.3 is 0 Å². The Hall–Kier alpha value is -3.88. The minimum Gasteiger partial charge on any atom is -0.335 e. The summed E-state index contributed by atoms with van der Waals surface area (Å²) in [4.78, 5) is 18.8. The van der Waals surface area contributed by atoms with Gasteiger partial charge in [0, 0.05) is 23.2 Å². The number of hydrogen-bond acceptors (Lipinski definition) is 6. The van der Waals surface area contributed by atoms with Crippen LogP contribution in [0.5, 0.6) is 0 Å². The number of pyridine rings is 2. The number of nitrogens with one attached hydrogen (secondary N) is 3. The summed E-state index contributed by atoms with van der Waals surface area (Å²) in [6.07, 6.45) is 9.70. The monoisotopic (exact) mass is 467 g/mol. The molecular weight excluding hydrogens is 442 g/mol. The largest absolute Gasteiger partial charge is 0.335 e. The lowest BCUT2D eigenvalue weighted by Crippen LogP contribution is -2.15. The van der Waals surface area contributed by atoms with Crippen LogP contribution in [0.4, 0.5) is 0 Å². The summed E-state index contributed by atoms with van der Waals surface area (Å²) in [5.41, 5.74) is 8.04. The van der Waals surface area contributed by atoms with Crippen LogP contribution in [-0.4, -0.2) is 43.2 Å². The Morgan fingerprint density at radius 3 is 2.82 bits per heavy atom. The Morgan fingerprint density at radius 1 is 1.15 bits per heavy atom. The first kappa shape index (κ1) is 21.9. The molecule has 3 N–H and O–H groups in total. The van der Waals surface area contributed by atoms with Gasteiger partial charge in [0.1, 0.15) is 11.0 Å². The van der Waals surface area contributed by atoms with E-state index >= 15 is 0 Å². The van der Waals surface area contributed by atoms with Gasteiger partial charge in [-0.1, -0.05) is 31.7 Å². The Bertz CT molecular complexity index is 1520. The number of fused-ring (bicyclic) bond motifs is 2. The van der Waals surface area contributed by atoms with Crippen molar-refractivity contribution >= 4 is 39.0 Å². The molecule has 0 atom stereocenters. The lowest BCUT2D eigenvalue weighted by Gasteiger charge is -2.06. The molecule has 7 nitrogen and oxygen atoms in total. The summed E-state index contributed by atoms with van der Waals surface area (Å²) in [6.45, 7) is 9.71. The quantitative estimate of drug-likeness (QED) is 0.253. The molecule has 170 valence electrons. The van der Waals surface area contributed by atoms with Crippen molar-refractivity contribution in [3.8, 4) is 22.0 Å². The first-order valence-electron chi connectivity index (χ1n) is 11.1. The lowest BCUT2D eigenvalue weighted by molar-refractivity contribution is 0.785. The highest BCUT2D eigenvalue weighted by Crippen LogP contribution is 2.32. The molecule has 0 aliphatic heterocycles. The van der Waals surface area contributed by atoms with Crippen molar-refractivity contribution in [1.29, 1.82) is 0 Å². The number of nitrogens with zero attached hydrogens (tertiary/aromatic N) is 4. The van der Waals surface area contributed by atoms with Gasteiger partial charge in [-0.25, -0.2) is 9.97 Å². The molecule has 0 unspecified atom stereocenters. The van der Waals surface area contributed by atoms with Crippen LogP contribution in [0.25, 0.3) is 49.6 Å². The lowest BCUT2D eigenvalue weighted by atomic mass is 10.1. The third kappa shape index (κ3) is 4.09. The van der Waals surface area contributed by atoms with Crippen LogP contribution >= 0.6 is 11.3 Å². The second-order valence-electron chi connectivity index (χ2n) is 7.76. The molecular formula is C26H25N7S. The topological polar surface area (TPSA) is 95.2 Å². The number of aromatic nitrogens is 6. The summed E-state index contributed by atoms with van der Waals surface area (Å²) in [6, 6.07) is 8.11. The standard InChI is InChI=1S/C26H25N7S/c1-4-16(13-27-6-3)12-17(5-2)19-9-10-20-24(29-19)25(33-32-20)26-30-21-15-28-14-18(23(21)31-26)22-8-7-11-34-22/h4-5,7-12,14-15,27H,1,6,13H2,2-3H3,(H,30,31)(H,32,33)/b16-12+,17-5+. The van der Waals surface area contributed by atoms with Gasteiger partial charge in [-0.3, -0.25) is 10.1 Å². The van der Waals surface area contributed by atoms with Crippen LogP contribution in [0.15, 0.2) is 72.4 Å². The van der Waals surface area contributed by atoms with Crippen molar-refractivity contribution in [2.75, 3.05) is 13.1 Å². The van der Waals surface area contributed by atoms with E-state index in [0.29, 0.717) is 11.5 Å². The predicted octanol–water partition coefficient (Wildman–Crippen LogP) is 5.75. The van der Waals surface area contributed by atoms with Gasteiger partial charge < -0.3 is 10.3 Å². The Balaban J connectivity index is 1.58. The van der Waals surface area contributed by atoms with Crippen molar-refractivity contribution in [2.24, 2.45) is 0 Å².